The van der Waals surface area contributed by atoms with Gasteiger partial charge in [-0.15, -0.1) is 0 Å². The maximum atomic E-state index is 3.84. The molecule has 2 aromatic rings. The van der Waals surface area contributed by atoms with Crippen LogP contribution in [0.4, 0.5) is 0 Å². The van der Waals surface area contributed by atoms with Gasteiger partial charge in [-0.1, -0.05) is 64.0 Å². The van der Waals surface area contributed by atoms with Crippen molar-refractivity contribution in [2.45, 2.75) is 32.0 Å². The van der Waals surface area contributed by atoms with E-state index in [0.717, 1.165) is 6.42 Å². The first-order valence-corrected chi connectivity index (χ1v) is 7.25. The minimum absolute atomic E-state index is 0.387. The van der Waals surface area contributed by atoms with Crippen molar-refractivity contribution in [2.75, 3.05) is 0 Å². The Morgan fingerprint density at radius 3 is 2.39 bits per heavy atom. The lowest BCUT2D eigenvalue weighted by Gasteiger charge is -2.15. The number of hydrogen-bond acceptors (Lipinski definition) is 0. The molecule has 0 amide bonds. The van der Waals surface area contributed by atoms with Crippen LogP contribution >= 0.6 is 15.9 Å². The molecule has 0 saturated heterocycles. The van der Waals surface area contributed by atoms with Crippen LogP contribution in [0.3, 0.4) is 0 Å². The molecule has 1 atom stereocenters. The predicted molar refractivity (Wildman–Crippen MR) is 82.5 cm³/mol. The van der Waals surface area contributed by atoms with Crippen LogP contribution in [0.5, 0.6) is 0 Å². The SMILES string of the molecule is Cc1ccc(C)c(C(Br)Cc2ccccc2C)c1. The summed E-state index contributed by atoms with van der Waals surface area (Å²) in [4.78, 5) is 0.387. The van der Waals surface area contributed by atoms with Crippen molar-refractivity contribution in [3.8, 4) is 0 Å². The molecule has 1 unspecified atom stereocenters. The molecule has 1 heteroatoms. The lowest BCUT2D eigenvalue weighted by molar-refractivity contribution is 0.926. The molecule has 0 nitrogen and oxygen atoms in total. The van der Waals surface area contributed by atoms with Crippen molar-refractivity contribution in [3.05, 3.63) is 70.3 Å². The van der Waals surface area contributed by atoms with Gasteiger partial charge in [-0.2, -0.15) is 0 Å². The Morgan fingerprint density at radius 2 is 1.67 bits per heavy atom. The number of aryl methyl sites for hydroxylation is 3. The van der Waals surface area contributed by atoms with Crippen molar-refractivity contribution in [1.82, 2.24) is 0 Å². The number of hydrogen-bond donors (Lipinski definition) is 0. The van der Waals surface area contributed by atoms with Gasteiger partial charge in [-0.05, 0) is 49.4 Å². The van der Waals surface area contributed by atoms with Crippen molar-refractivity contribution >= 4 is 15.9 Å². The zero-order valence-electron chi connectivity index (χ0n) is 11.2. The molecule has 0 saturated carbocycles. The highest BCUT2D eigenvalue weighted by atomic mass is 79.9. The third-order valence-corrected chi connectivity index (χ3v) is 4.25. The monoisotopic (exact) mass is 302 g/mol. The van der Waals surface area contributed by atoms with Gasteiger partial charge in [0.05, 0.1) is 0 Å². The van der Waals surface area contributed by atoms with Crippen molar-refractivity contribution in [1.29, 1.82) is 0 Å². The van der Waals surface area contributed by atoms with Crippen LogP contribution in [0.1, 0.15) is 32.6 Å². The van der Waals surface area contributed by atoms with Gasteiger partial charge in [0.2, 0.25) is 0 Å². The summed E-state index contributed by atoms with van der Waals surface area (Å²) >= 11 is 3.84. The van der Waals surface area contributed by atoms with Gasteiger partial charge in [0.1, 0.15) is 0 Å². The first-order chi connectivity index (χ1) is 8.58. The van der Waals surface area contributed by atoms with Gasteiger partial charge in [0.15, 0.2) is 0 Å². The van der Waals surface area contributed by atoms with E-state index in [0.29, 0.717) is 4.83 Å². The standard InChI is InChI=1S/C17H19Br/c1-12-8-9-14(3)16(10-12)17(18)11-15-7-5-4-6-13(15)2/h4-10,17H,11H2,1-3H3. The normalized spacial score (nSPS) is 12.4. The molecule has 0 N–H and O–H groups in total. The van der Waals surface area contributed by atoms with Gasteiger partial charge >= 0.3 is 0 Å². The second-order valence-electron chi connectivity index (χ2n) is 4.96. The number of rotatable bonds is 3. The van der Waals surface area contributed by atoms with Crippen LogP contribution in [-0.2, 0) is 6.42 Å². The summed E-state index contributed by atoms with van der Waals surface area (Å²) in [5, 5.41) is 0. The largest absolute Gasteiger partial charge is 0.0835 e. The molecular formula is C17H19Br. The molecule has 0 bridgehead atoms. The average molecular weight is 303 g/mol. The maximum Gasteiger partial charge on any atom is 0.0438 e. The summed E-state index contributed by atoms with van der Waals surface area (Å²) < 4.78 is 0. The molecule has 0 aliphatic rings. The van der Waals surface area contributed by atoms with Crippen molar-refractivity contribution < 1.29 is 0 Å². The van der Waals surface area contributed by atoms with Gasteiger partial charge < -0.3 is 0 Å². The topological polar surface area (TPSA) is 0 Å². The third kappa shape index (κ3) is 3.02. The molecule has 0 fully saturated rings. The van der Waals surface area contributed by atoms with E-state index in [1.54, 1.807) is 0 Å². The Balaban J connectivity index is 2.25. The van der Waals surface area contributed by atoms with E-state index >= 15 is 0 Å². The molecule has 0 heterocycles. The lowest BCUT2D eigenvalue weighted by Crippen LogP contribution is -2.00. The fraction of sp³-hybridized carbons (Fsp3) is 0.294. The second kappa shape index (κ2) is 5.71. The number of benzene rings is 2. The first kappa shape index (κ1) is 13.4. The van der Waals surface area contributed by atoms with E-state index < -0.39 is 0 Å². The molecule has 94 valence electrons. The second-order valence-corrected chi connectivity index (χ2v) is 6.06. The highest BCUT2D eigenvalue weighted by Gasteiger charge is 2.12. The quantitative estimate of drug-likeness (QED) is 0.676. The smallest absolute Gasteiger partial charge is 0.0438 e. The third-order valence-electron chi connectivity index (χ3n) is 3.43. The summed E-state index contributed by atoms with van der Waals surface area (Å²) in [5.41, 5.74) is 6.87. The molecule has 18 heavy (non-hydrogen) atoms. The molecule has 0 radical (unpaired) electrons. The summed E-state index contributed by atoms with van der Waals surface area (Å²) in [6.07, 6.45) is 1.04. The summed E-state index contributed by atoms with van der Waals surface area (Å²) in [6.45, 7) is 6.51. The predicted octanol–water partition coefficient (Wildman–Crippen LogP) is 5.29. The first-order valence-electron chi connectivity index (χ1n) is 6.33. The van der Waals surface area contributed by atoms with Gasteiger partial charge in [0, 0.05) is 4.83 Å². The fourth-order valence-corrected chi connectivity index (χ4v) is 3.08. The Labute approximate surface area is 118 Å². The Morgan fingerprint density at radius 1 is 0.944 bits per heavy atom. The molecule has 0 aliphatic carbocycles. The lowest BCUT2D eigenvalue weighted by atomic mass is 9.97. The van der Waals surface area contributed by atoms with Crippen LogP contribution in [-0.4, -0.2) is 0 Å². The maximum absolute atomic E-state index is 3.84. The molecule has 0 aliphatic heterocycles. The van der Waals surface area contributed by atoms with Gasteiger partial charge in [-0.3, -0.25) is 0 Å². The van der Waals surface area contributed by atoms with Gasteiger partial charge in [-0.25, -0.2) is 0 Å². The summed E-state index contributed by atoms with van der Waals surface area (Å²) in [7, 11) is 0. The Kier molecular flexibility index (Phi) is 4.23. The van der Waals surface area contributed by atoms with E-state index in [9.17, 15) is 0 Å². The molecule has 2 aromatic carbocycles. The van der Waals surface area contributed by atoms with Crippen LogP contribution in [0.15, 0.2) is 42.5 Å². The molecule has 0 spiro atoms. The van der Waals surface area contributed by atoms with Crippen LogP contribution in [0, 0.1) is 20.8 Å². The zero-order chi connectivity index (χ0) is 13.1. The van der Waals surface area contributed by atoms with E-state index in [2.05, 4.69) is 79.2 Å². The summed E-state index contributed by atoms with van der Waals surface area (Å²) in [5.74, 6) is 0. The molecular weight excluding hydrogens is 284 g/mol. The Bertz CT molecular complexity index is 543. The zero-order valence-corrected chi connectivity index (χ0v) is 12.8. The van der Waals surface area contributed by atoms with Gasteiger partial charge in [0.25, 0.3) is 0 Å². The number of halogens is 1. The van der Waals surface area contributed by atoms with Crippen molar-refractivity contribution in [3.63, 3.8) is 0 Å². The van der Waals surface area contributed by atoms with E-state index in [1.807, 2.05) is 0 Å². The van der Waals surface area contributed by atoms with E-state index in [4.69, 9.17) is 0 Å². The Hall–Kier alpha value is -1.08. The molecule has 0 aromatic heterocycles. The highest BCUT2D eigenvalue weighted by molar-refractivity contribution is 9.09. The minimum Gasteiger partial charge on any atom is -0.0835 e. The van der Waals surface area contributed by atoms with E-state index in [-0.39, 0.29) is 0 Å². The number of alkyl halides is 1. The van der Waals surface area contributed by atoms with E-state index in [1.165, 1.54) is 27.8 Å². The highest BCUT2D eigenvalue weighted by Crippen LogP contribution is 2.30. The fourth-order valence-electron chi connectivity index (χ4n) is 2.24. The van der Waals surface area contributed by atoms with Crippen LogP contribution < -0.4 is 0 Å². The summed E-state index contributed by atoms with van der Waals surface area (Å²) in [6, 6.07) is 15.3. The molecule has 2 rings (SSSR count). The van der Waals surface area contributed by atoms with Crippen LogP contribution in [0.25, 0.3) is 0 Å². The van der Waals surface area contributed by atoms with Crippen molar-refractivity contribution in [2.24, 2.45) is 0 Å². The average Bonchev–Trinajstić information content (AvgIpc) is 2.35. The minimum atomic E-state index is 0.387. The van der Waals surface area contributed by atoms with Crippen LogP contribution in [0.2, 0.25) is 0 Å².